The smallest absolute Gasteiger partial charge is 0.218 e. The van der Waals surface area contributed by atoms with Gasteiger partial charge in [-0.3, -0.25) is 0 Å². The van der Waals surface area contributed by atoms with Crippen LogP contribution in [0.1, 0.15) is 0 Å². The molecule has 0 unspecified atom stereocenters. The molecule has 5 heteroatoms. The minimum atomic E-state index is -0.127. The zero-order chi connectivity index (χ0) is 9.42. The maximum atomic E-state index is 9.33. The van der Waals surface area contributed by atoms with E-state index >= 15 is 0 Å². The average Bonchev–Trinajstić information content (AvgIpc) is 2.42. The number of halogens is 1. The second-order valence-corrected chi connectivity index (χ2v) is 3.00. The summed E-state index contributed by atoms with van der Waals surface area (Å²) < 4.78 is 0. The van der Waals surface area contributed by atoms with Crippen LogP contribution < -0.4 is 0 Å². The molecular weight excluding hydrogens is 190 g/mol. The molecule has 0 aliphatic heterocycles. The highest BCUT2D eigenvalue weighted by atomic mass is 35.5. The summed E-state index contributed by atoms with van der Waals surface area (Å²) in [6, 6.07) is 5.20. The van der Waals surface area contributed by atoms with Crippen molar-refractivity contribution in [1.29, 1.82) is 5.53 Å². The summed E-state index contributed by atoms with van der Waals surface area (Å²) >= 11 is 5.88. The van der Waals surface area contributed by atoms with Gasteiger partial charge in [-0.2, -0.15) is 5.11 Å². The van der Waals surface area contributed by atoms with Gasteiger partial charge in [-0.1, -0.05) is 17.7 Å². The number of nitrogens with one attached hydrogen (secondary N) is 2. The maximum absolute atomic E-state index is 9.33. The van der Waals surface area contributed by atoms with E-state index in [2.05, 4.69) is 10.1 Å². The van der Waals surface area contributed by atoms with Crippen molar-refractivity contribution in [3.05, 3.63) is 23.2 Å². The van der Waals surface area contributed by atoms with Crippen LogP contribution in [0.2, 0.25) is 5.02 Å². The van der Waals surface area contributed by atoms with Gasteiger partial charge in [0.05, 0.1) is 10.5 Å². The van der Waals surface area contributed by atoms with E-state index in [0.29, 0.717) is 15.9 Å². The van der Waals surface area contributed by atoms with Crippen LogP contribution in [0.5, 0.6) is 5.88 Å². The molecule has 13 heavy (non-hydrogen) atoms. The average molecular weight is 196 g/mol. The third-order valence-corrected chi connectivity index (χ3v) is 2.15. The standard InChI is InChI=1S/C8H6ClN3O/c9-4-2-1-3-5-6(4)7(12-10)8(13)11-5/h1-3,10-11,13H. The lowest BCUT2D eigenvalue weighted by Crippen LogP contribution is -1.67. The van der Waals surface area contributed by atoms with Crippen LogP contribution >= 0.6 is 11.6 Å². The van der Waals surface area contributed by atoms with Crippen molar-refractivity contribution >= 4 is 28.2 Å². The minimum Gasteiger partial charge on any atom is -0.493 e. The maximum Gasteiger partial charge on any atom is 0.218 e. The number of nitrogens with zero attached hydrogens (tertiary/aromatic N) is 1. The Morgan fingerprint density at radius 3 is 2.92 bits per heavy atom. The van der Waals surface area contributed by atoms with E-state index in [1.807, 2.05) is 0 Å². The Labute approximate surface area is 78.7 Å². The Morgan fingerprint density at radius 2 is 2.23 bits per heavy atom. The second-order valence-electron chi connectivity index (χ2n) is 2.60. The fraction of sp³-hybridized carbons (Fsp3) is 0. The van der Waals surface area contributed by atoms with Gasteiger partial charge in [0.2, 0.25) is 5.88 Å². The molecule has 0 amide bonds. The number of hydrogen-bond acceptors (Lipinski definition) is 3. The lowest BCUT2D eigenvalue weighted by Gasteiger charge is -1.92. The van der Waals surface area contributed by atoms with Crippen molar-refractivity contribution < 1.29 is 5.11 Å². The van der Waals surface area contributed by atoms with E-state index in [1.165, 1.54) is 0 Å². The van der Waals surface area contributed by atoms with Crippen LogP contribution in [0, 0.1) is 5.53 Å². The predicted molar refractivity (Wildman–Crippen MR) is 49.8 cm³/mol. The number of fused-ring (bicyclic) bond motifs is 1. The van der Waals surface area contributed by atoms with Crippen molar-refractivity contribution in [2.24, 2.45) is 5.11 Å². The molecule has 0 radical (unpaired) electrons. The second kappa shape index (κ2) is 2.74. The molecule has 0 bridgehead atoms. The molecule has 0 aliphatic carbocycles. The zero-order valence-corrected chi connectivity index (χ0v) is 7.26. The number of aromatic nitrogens is 1. The summed E-state index contributed by atoms with van der Waals surface area (Å²) in [5, 5.41) is 13.6. The molecule has 2 rings (SSSR count). The molecule has 0 saturated heterocycles. The summed E-state index contributed by atoms with van der Waals surface area (Å²) in [5.41, 5.74) is 7.72. The first kappa shape index (κ1) is 8.07. The van der Waals surface area contributed by atoms with E-state index in [1.54, 1.807) is 18.2 Å². The van der Waals surface area contributed by atoms with Gasteiger partial charge < -0.3 is 10.1 Å². The quantitative estimate of drug-likeness (QED) is 0.601. The highest BCUT2D eigenvalue weighted by Gasteiger charge is 2.12. The number of aromatic hydroxyl groups is 1. The van der Waals surface area contributed by atoms with Gasteiger partial charge in [0.25, 0.3) is 0 Å². The lowest BCUT2D eigenvalue weighted by molar-refractivity contribution is 0.459. The molecule has 4 nitrogen and oxygen atoms in total. The highest BCUT2D eigenvalue weighted by Crippen LogP contribution is 2.38. The molecule has 3 N–H and O–H groups in total. The summed E-state index contributed by atoms with van der Waals surface area (Å²) in [6.45, 7) is 0. The Hall–Kier alpha value is -1.55. The largest absolute Gasteiger partial charge is 0.493 e. The Morgan fingerprint density at radius 1 is 1.46 bits per heavy atom. The summed E-state index contributed by atoms with van der Waals surface area (Å²) in [6.07, 6.45) is 0. The Kier molecular flexibility index (Phi) is 1.70. The van der Waals surface area contributed by atoms with Crippen LogP contribution in [0.15, 0.2) is 23.3 Å². The molecular formula is C8H6ClN3O. The van der Waals surface area contributed by atoms with Crippen LogP contribution in [0.4, 0.5) is 5.69 Å². The van der Waals surface area contributed by atoms with E-state index in [9.17, 15) is 5.11 Å². The van der Waals surface area contributed by atoms with Gasteiger partial charge in [-0.25, -0.2) is 5.53 Å². The number of rotatable bonds is 1. The SMILES string of the molecule is N=Nc1c(O)[nH]c2cccc(Cl)c12. The molecule has 2 aromatic rings. The summed E-state index contributed by atoms with van der Waals surface area (Å²) in [5.74, 6) is -0.127. The van der Waals surface area contributed by atoms with E-state index in [0.717, 1.165) is 0 Å². The van der Waals surface area contributed by atoms with Crippen LogP contribution in [-0.4, -0.2) is 10.1 Å². The first-order chi connectivity index (χ1) is 6.24. The molecule has 1 aromatic carbocycles. The van der Waals surface area contributed by atoms with Crippen molar-refractivity contribution in [1.82, 2.24) is 4.98 Å². The third-order valence-electron chi connectivity index (χ3n) is 1.84. The monoisotopic (exact) mass is 195 g/mol. The Balaban J connectivity index is 2.96. The topological polar surface area (TPSA) is 72.2 Å². The van der Waals surface area contributed by atoms with E-state index < -0.39 is 0 Å². The molecule has 66 valence electrons. The van der Waals surface area contributed by atoms with Gasteiger partial charge in [0.1, 0.15) is 0 Å². The number of hydrogen-bond donors (Lipinski definition) is 3. The first-order valence-corrected chi connectivity index (χ1v) is 3.98. The Bertz CT molecular complexity index is 477. The van der Waals surface area contributed by atoms with Gasteiger partial charge in [-0.05, 0) is 12.1 Å². The summed E-state index contributed by atoms with van der Waals surface area (Å²) in [7, 11) is 0. The van der Waals surface area contributed by atoms with Gasteiger partial charge in [-0.15, -0.1) is 0 Å². The number of H-pyrrole nitrogens is 1. The third kappa shape index (κ3) is 1.07. The van der Waals surface area contributed by atoms with Gasteiger partial charge in [0.15, 0.2) is 5.69 Å². The fourth-order valence-corrected chi connectivity index (χ4v) is 1.55. The van der Waals surface area contributed by atoms with Crippen molar-refractivity contribution in [3.63, 3.8) is 0 Å². The molecule has 0 aliphatic rings. The fourth-order valence-electron chi connectivity index (χ4n) is 1.28. The molecule has 0 fully saturated rings. The molecule has 0 atom stereocenters. The molecule has 1 aromatic heterocycles. The molecule has 0 saturated carbocycles. The molecule has 1 heterocycles. The number of aromatic amines is 1. The number of benzene rings is 1. The summed E-state index contributed by atoms with van der Waals surface area (Å²) in [4.78, 5) is 2.68. The first-order valence-electron chi connectivity index (χ1n) is 3.60. The van der Waals surface area contributed by atoms with Crippen molar-refractivity contribution in [2.75, 3.05) is 0 Å². The van der Waals surface area contributed by atoms with Crippen LogP contribution in [0.25, 0.3) is 10.9 Å². The van der Waals surface area contributed by atoms with Crippen LogP contribution in [-0.2, 0) is 0 Å². The molecule has 0 spiro atoms. The zero-order valence-electron chi connectivity index (χ0n) is 6.50. The van der Waals surface area contributed by atoms with E-state index in [-0.39, 0.29) is 11.6 Å². The lowest BCUT2D eigenvalue weighted by atomic mass is 10.2. The van der Waals surface area contributed by atoms with Crippen LogP contribution in [0.3, 0.4) is 0 Å². The van der Waals surface area contributed by atoms with Crippen molar-refractivity contribution in [3.8, 4) is 5.88 Å². The minimum absolute atomic E-state index is 0.127. The van der Waals surface area contributed by atoms with Gasteiger partial charge >= 0.3 is 0 Å². The van der Waals surface area contributed by atoms with Gasteiger partial charge in [0, 0.05) is 5.39 Å². The van der Waals surface area contributed by atoms with Crippen molar-refractivity contribution in [2.45, 2.75) is 0 Å². The normalized spacial score (nSPS) is 10.5. The highest BCUT2D eigenvalue weighted by molar-refractivity contribution is 6.36. The predicted octanol–water partition coefficient (Wildman–Crippen LogP) is 3.19. The van der Waals surface area contributed by atoms with E-state index in [4.69, 9.17) is 17.1 Å².